The zero-order chi connectivity index (χ0) is 14.9. The molecule has 0 atom stereocenters. The largest absolute Gasteiger partial charge is 0.378 e. The van der Waals surface area contributed by atoms with Crippen molar-refractivity contribution in [2.24, 2.45) is 5.14 Å². The molecule has 2 N–H and O–H groups in total. The third-order valence-corrected chi connectivity index (χ3v) is 4.51. The van der Waals surface area contributed by atoms with Crippen LogP contribution in [-0.2, 0) is 14.8 Å². The maximum absolute atomic E-state index is 12.4. The number of rotatable bonds is 2. The van der Waals surface area contributed by atoms with Crippen LogP contribution < -0.4 is 5.14 Å². The number of primary sulfonamides is 1. The van der Waals surface area contributed by atoms with Crippen molar-refractivity contribution in [3.8, 4) is 0 Å². The molecule has 0 radical (unpaired) electrons. The zero-order valence-corrected chi connectivity index (χ0v) is 12.4. The van der Waals surface area contributed by atoms with E-state index < -0.39 is 10.0 Å². The SMILES string of the molecule is Cc1cc(C(=O)N2CCOCC2)cc(S(N)(=O)=O)c1C. The molecular weight excluding hydrogens is 280 g/mol. The third-order valence-electron chi connectivity index (χ3n) is 3.47. The Bertz CT molecular complexity index is 634. The standard InChI is InChI=1S/C13H18N2O4S/c1-9-7-11(8-12(10(9)2)20(14,17)18)13(16)15-3-5-19-6-4-15/h7-8H,3-6H2,1-2H3,(H2,14,17,18). The molecule has 0 saturated carbocycles. The molecule has 0 aromatic heterocycles. The smallest absolute Gasteiger partial charge is 0.254 e. The highest BCUT2D eigenvalue weighted by molar-refractivity contribution is 7.89. The Morgan fingerprint density at radius 1 is 1.25 bits per heavy atom. The molecule has 1 aliphatic heterocycles. The minimum atomic E-state index is -3.84. The summed E-state index contributed by atoms with van der Waals surface area (Å²) in [6.07, 6.45) is 0. The predicted molar refractivity (Wildman–Crippen MR) is 74.0 cm³/mol. The van der Waals surface area contributed by atoms with Crippen LogP contribution in [0, 0.1) is 13.8 Å². The molecule has 1 amide bonds. The van der Waals surface area contributed by atoms with E-state index in [9.17, 15) is 13.2 Å². The van der Waals surface area contributed by atoms with Gasteiger partial charge in [-0.1, -0.05) is 0 Å². The fourth-order valence-electron chi connectivity index (χ4n) is 2.20. The summed E-state index contributed by atoms with van der Waals surface area (Å²) in [6, 6.07) is 3.05. The molecular formula is C13H18N2O4S. The van der Waals surface area contributed by atoms with E-state index in [1.54, 1.807) is 24.8 Å². The summed E-state index contributed by atoms with van der Waals surface area (Å²) in [5.74, 6) is -0.193. The van der Waals surface area contributed by atoms with E-state index in [1.165, 1.54) is 6.07 Å². The highest BCUT2D eigenvalue weighted by Crippen LogP contribution is 2.21. The molecule has 1 saturated heterocycles. The Morgan fingerprint density at radius 2 is 1.85 bits per heavy atom. The van der Waals surface area contributed by atoms with Gasteiger partial charge in [-0.25, -0.2) is 13.6 Å². The first kappa shape index (κ1) is 15.0. The average molecular weight is 298 g/mol. The molecule has 2 rings (SSSR count). The highest BCUT2D eigenvalue weighted by Gasteiger charge is 2.22. The number of morpholine rings is 1. The van der Waals surface area contributed by atoms with Crippen LogP contribution in [0.5, 0.6) is 0 Å². The number of amides is 1. The number of aryl methyl sites for hydroxylation is 1. The van der Waals surface area contributed by atoms with Gasteiger partial charge in [0, 0.05) is 18.7 Å². The molecule has 1 heterocycles. The van der Waals surface area contributed by atoms with Crippen LogP contribution in [0.25, 0.3) is 0 Å². The average Bonchev–Trinajstić information content (AvgIpc) is 2.40. The number of hydrogen-bond donors (Lipinski definition) is 1. The molecule has 7 heteroatoms. The molecule has 0 spiro atoms. The topological polar surface area (TPSA) is 89.7 Å². The van der Waals surface area contributed by atoms with E-state index in [2.05, 4.69) is 0 Å². The van der Waals surface area contributed by atoms with Crippen molar-refractivity contribution in [1.82, 2.24) is 4.90 Å². The van der Waals surface area contributed by atoms with Crippen molar-refractivity contribution < 1.29 is 17.9 Å². The Hall–Kier alpha value is -1.44. The van der Waals surface area contributed by atoms with Crippen LogP contribution in [-0.4, -0.2) is 45.5 Å². The first-order valence-corrected chi connectivity index (χ1v) is 7.86. The van der Waals surface area contributed by atoms with Crippen molar-refractivity contribution in [2.75, 3.05) is 26.3 Å². The second kappa shape index (κ2) is 5.51. The number of benzene rings is 1. The van der Waals surface area contributed by atoms with Gasteiger partial charge in [0.15, 0.2) is 0 Å². The summed E-state index contributed by atoms with van der Waals surface area (Å²) in [5.41, 5.74) is 1.65. The van der Waals surface area contributed by atoms with Gasteiger partial charge < -0.3 is 9.64 Å². The van der Waals surface area contributed by atoms with E-state index in [4.69, 9.17) is 9.88 Å². The fourth-order valence-corrected chi connectivity index (χ4v) is 3.07. The summed E-state index contributed by atoms with van der Waals surface area (Å²) in [5, 5.41) is 5.20. The van der Waals surface area contributed by atoms with E-state index in [1.807, 2.05) is 0 Å². The van der Waals surface area contributed by atoms with Gasteiger partial charge in [-0.15, -0.1) is 0 Å². The van der Waals surface area contributed by atoms with Gasteiger partial charge >= 0.3 is 0 Å². The first-order valence-electron chi connectivity index (χ1n) is 6.32. The van der Waals surface area contributed by atoms with Crippen molar-refractivity contribution in [1.29, 1.82) is 0 Å². The second-order valence-electron chi connectivity index (χ2n) is 4.87. The molecule has 1 aliphatic rings. The van der Waals surface area contributed by atoms with Gasteiger partial charge in [-0.3, -0.25) is 4.79 Å². The molecule has 6 nitrogen and oxygen atoms in total. The monoisotopic (exact) mass is 298 g/mol. The van der Waals surface area contributed by atoms with Crippen molar-refractivity contribution >= 4 is 15.9 Å². The summed E-state index contributed by atoms with van der Waals surface area (Å²) in [6.45, 7) is 5.46. The normalized spacial score (nSPS) is 16.2. The van der Waals surface area contributed by atoms with Crippen LogP contribution in [0.15, 0.2) is 17.0 Å². The molecule has 1 aromatic rings. The molecule has 0 aliphatic carbocycles. The number of hydrogen-bond acceptors (Lipinski definition) is 4. The van der Waals surface area contributed by atoms with Gasteiger partial charge in [0.2, 0.25) is 10.0 Å². The highest BCUT2D eigenvalue weighted by atomic mass is 32.2. The quantitative estimate of drug-likeness (QED) is 0.857. The van der Waals surface area contributed by atoms with Gasteiger partial charge in [0.25, 0.3) is 5.91 Å². The number of carbonyl (C=O) groups excluding carboxylic acids is 1. The lowest BCUT2D eigenvalue weighted by Gasteiger charge is -2.27. The minimum Gasteiger partial charge on any atom is -0.378 e. The number of ether oxygens (including phenoxy) is 1. The second-order valence-corrected chi connectivity index (χ2v) is 6.40. The number of nitrogens with zero attached hydrogens (tertiary/aromatic N) is 1. The molecule has 20 heavy (non-hydrogen) atoms. The van der Waals surface area contributed by atoms with Crippen LogP contribution >= 0.6 is 0 Å². The molecule has 0 bridgehead atoms. The maximum atomic E-state index is 12.4. The fraction of sp³-hybridized carbons (Fsp3) is 0.462. The minimum absolute atomic E-state index is 0.00843. The summed E-state index contributed by atoms with van der Waals surface area (Å²) < 4.78 is 28.4. The van der Waals surface area contributed by atoms with Gasteiger partial charge in [-0.05, 0) is 37.1 Å². The van der Waals surface area contributed by atoms with Crippen molar-refractivity contribution in [3.05, 3.63) is 28.8 Å². The number of nitrogens with two attached hydrogens (primary N) is 1. The predicted octanol–water partition coefficient (Wildman–Crippen LogP) is 0.423. The first-order chi connectivity index (χ1) is 9.30. The van der Waals surface area contributed by atoms with Crippen molar-refractivity contribution in [3.63, 3.8) is 0 Å². The third kappa shape index (κ3) is 3.00. The lowest BCUT2D eigenvalue weighted by molar-refractivity contribution is 0.0302. The molecule has 0 unspecified atom stereocenters. The van der Waals surface area contributed by atoms with Crippen LogP contribution in [0.3, 0.4) is 0 Å². The molecule has 110 valence electrons. The Morgan fingerprint density at radius 3 is 2.40 bits per heavy atom. The van der Waals surface area contributed by atoms with Crippen LogP contribution in [0.4, 0.5) is 0 Å². The van der Waals surface area contributed by atoms with Gasteiger partial charge in [0.1, 0.15) is 0 Å². The Balaban J connectivity index is 2.42. The van der Waals surface area contributed by atoms with E-state index in [-0.39, 0.29) is 10.8 Å². The molecule has 1 aromatic carbocycles. The van der Waals surface area contributed by atoms with Crippen LogP contribution in [0.1, 0.15) is 21.5 Å². The Kier molecular flexibility index (Phi) is 4.12. The van der Waals surface area contributed by atoms with E-state index in [0.717, 1.165) is 5.56 Å². The van der Waals surface area contributed by atoms with E-state index in [0.29, 0.717) is 37.4 Å². The lowest BCUT2D eigenvalue weighted by Crippen LogP contribution is -2.40. The van der Waals surface area contributed by atoms with Crippen molar-refractivity contribution in [2.45, 2.75) is 18.7 Å². The summed E-state index contributed by atoms with van der Waals surface area (Å²) >= 11 is 0. The van der Waals surface area contributed by atoms with E-state index >= 15 is 0 Å². The zero-order valence-electron chi connectivity index (χ0n) is 11.5. The Labute approximate surface area is 118 Å². The summed E-state index contributed by atoms with van der Waals surface area (Å²) in [7, 11) is -3.84. The van der Waals surface area contributed by atoms with Crippen LogP contribution in [0.2, 0.25) is 0 Å². The summed E-state index contributed by atoms with van der Waals surface area (Å²) in [4.78, 5) is 14.0. The molecule has 1 fully saturated rings. The number of sulfonamides is 1. The van der Waals surface area contributed by atoms with Gasteiger partial charge in [-0.2, -0.15) is 0 Å². The lowest BCUT2D eigenvalue weighted by atomic mass is 10.1. The maximum Gasteiger partial charge on any atom is 0.254 e. The van der Waals surface area contributed by atoms with Gasteiger partial charge in [0.05, 0.1) is 18.1 Å². The number of carbonyl (C=O) groups is 1.